The molecule has 1 rings (SSSR count). The topological polar surface area (TPSA) is 23.8 Å². The Bertz CT molecular complexity index is 607. The summed E-state index contributed by atoms with van der Waals surface area (Å²) >= 11 is 0. The third-order valence-electron chi connectivity index (χ3n) is 3.53. The van der Waals surface area contributed by atoms with Crippen LogP contribution in [0.25, 0.3) is 0 Å². The van der Waals surface area contributed by atoms with Crippen molar-refractivity contribution in [2.45, 2.75) is 39.8 Å². The van der Waals surface area contributed by atoms with E-state index in [4.69, 9.17) is 5.26 Å². The normalized spacial score (nSPS) is 29.6. The van der Waals surface area contributed by atoms with E-state index >= 15 is 0 Å². The van der Waals surface area contributed by atoms with Crippen LogP contribution in [0.2, 0.25) is 0 Å². The number of allylic oxidation sites excluding steroid dienone is 9. The van der Waals surface area contributed by atoms with Gasteiger partial charge in [-0.25, -0.2) is 0 Å². The second-order valence-corrected chi connectivity index (χ2v) is 5.43. The number of nitriles is 1. The minimum atomic E-state index is -4.42. The van der Waals surface area contributed by atoms with Gasteiger partial charge < -0.3 is 0 Å². The summed E-state index contributed by atoms with van der Waals surface area (Å²) in [6.07, 6.45) is 2.80. The van der Waals surface area contributed by atoms with E-state index in [2.05, 4.69) is 6.58 Å². The van der Waals surface area contributed by atoms with E-state index in [0.29, 0.717) is 12.0 Å². The van der Waals surface area contributed by atoms with Gasteiger partial charge in [-0.05, 0) is 32.3 Å². The van der Waals surface area contributed by atoms with Crippen LogP contribution in [-0.2, 0) is 0 Å². The Labute approximate surface area is 129 Å². The Morgan fingerprint density at radius 3 is 2.36 bits per heavy atom. The highest BCUT2D eigenvalue weighted by Gasteiger charge is 2.42. The Morgan fingerprint density at radius 2 is 1.86 bits per heavy atom. The predicted molar refractivity (Wildman–Crippen MR) is 82.9 cm³/mol. The number of hydrogen-bond donors (Lipinski definition) is 0. The second-order valence-electron chi connectivity index (χ2n) is 5.43. The van der Waals surface area contributed by atoms with Crippen LogP contribution >= 0.6 is 0 Å². The maximum absolute atomic E-state index is 13.4. The van der Waals surface area contributed by atoms with E-state index < -0.39 is 12.1 Å². The average Bonchev–Trinajstić information content (AvgIpc) is 2.42. The highest BCUT2D eigenvalue weighted by molar-refractivity contribution is 5.47. The molecule has 0 radical (unpaired) electrons. The van der Waals surface area contributed by atoms with Gasteiger partial charge in [-0.3, -0.25) is 0 Å². The maximum Gasteiger partial charge on any atom is 0.396 e. The van der Waals surface area contributed by atoms with Crippen LogP contribution in [-0.4, -0.2) is 6.18 Å². The van der Waals surface area contributed by atoms with Gasteiger partial charge in [0, 0.05) is 5.57 Å². The van der Waals surface area contributed by atoms with Crippen LogP contribution < -0.4 is 0 Å². The molecule has 0 N–H and O–H groups in total. The molecule has 0 aliphatic heterocycles. The lowest BCUT2D eigenvalue weighted by molar-refractivity contribution is -0.162. The van der Waals surface area contributed by atoms with E-state index in [1.165, 1.54) is 6.08 Å². The molecule has 1 atom stereocenters. The second kappa shape index (κ2) is 7.31. The number of rotatable bonds is 2. The zero-order valence-electron chi connectivity index (χ0n) is 13.1. The fraction of sp³-hybridized carbons (Fsp3) is 0.389. The molecule has 0 spiro atoms. The standard InChI is InChI=1S/C18H20F3N/c1-5-15-6-7-17(18(19,20)21)16(14(4)11-22)10-13(3)8-12(2)9-15/h6,8-10,17H,4-5,7H2,1-3H3/b12-9-,13-8-,15-6+,16-10-. The van der Waals surface area contributed by atoms with Gasteiger partial charge in [0.2, 0.25) is 0 Å². The largest absolute Gasteiger partial charge is 0.396 e. The zero-order valence-corrected chi connectivity index (χ0v) is 13.1. The molecule has 0 bridgehead atoms. The van der Waals surface area contributed by atoms with Crippen LogP contribution in [0, 0.1) is 17.2 Å². The van der Waals surface area contributed by atoms with Crippen LogP contribution in [0.4, 0.5) is 13.2 Å². The molecule has 0 saturated carbocycles. The summed E-state index contributed by atoms with van der Waals surface area (Å²) in [6, 6.07) is 1.75. The molecule has 22 heavy (non-hydrogen) atoms. The minimum absolute atomic E-state index is 0.0508. The maximum atomic E-state index is 13.4. The summed E-state index contributed by atoms with van der Waals surface area (Å²) < 4.78 is 40.2. The van der Waals surface area contributed by atoms with Crippen molar-refractivity contribution in [3.8, 4) is 6.07 Å². The van der Waals surface area contributed by atoms with E-state index in [9.17, 15) is 13.2 Å². The van der Waals surface area contributed by atoms with Gasteiger partial charge in [0.05, 0.1) is 12.0 Å². The molecule has 0 aromatic heterocycles. The van der Waals surface area contributed by atoms with Gasteiger partial charge in [-0.1, -0.05) is 54.5 Å². The molecule has 0 heterocycles. The number of alkyl halides is 3. The van der Waals surface area contributed by atoms with Crippen LogP contribution in [0.1, 0.15) is 33.6 Å². The Kier molecular flexibility index (Phi) is 5.99. The van der Waals surface area contributed by atoms with E-state index in [1.54, 1.807) is 19.1 Å². The van der Waals surface area contributed by atoms with Gasteiger partial charge in [-0.15, -0.1) is 0 Å². The third-order valence-corrected chi connectivity index (χ3v) is 3.53. The van der Waals surface area contributed by atoms with Gasteiger partial charge in [0.1, 0.15) is 0 Å². The van der Waals surface area contributed by atoms with Crippen molar-refractivity contribution in [2.75, 3.05) is 0 Å². The van der Waals surface area contributed by atoms with Crippen molar-refractivity contribution in [2.24, 2.45) is 5.92 Å². The lowest BCUT2D eigenvalue weighted by atomic mass is 9.87. The number of nitrogens with zero attached hydrogens (tertiary/aromatic N) is 1. The van der Waals surface area contributed by atoms with Crippen molar-refractivity contribution in [3.63, 3.8) is 0 Å². The quantitative estimate of drug-likeness (QED) is 0.591. The summed E-state index contributed by atoms with van der Waals surface area (Å²) in [5, 5.41) is 8.99. The van der Waals surface area contributed by atoms with Crippen LogP contribution in [0.15, 0.2) is 58.7 Å². The highest BCUT2D eigenvalue weighted by Crippen LogP contribution is 2.38. The predicted octanol–water partition coefficient (Wildman–Crippen LogP) is 5.80. The van der Waals surface area contributed by atoms with Crippen molar-refractivity contribution in [1.82, 2.24) is 0 Å². The number of halogens is 3. The van der Waals surface area contributed by atoms with Crippen molar-refractivity contribution < 1.29 is 13.2 Å². The fourth-order valence-corrected chi connectivity index (χ4v) is 2.45. The summed E-state index contributed by atoms with van der Waals surface area (Å²) in [5.41, 5.74) is 2.31. The van der Waals surface area contributed by atoms with Crippen molar-refractivity contribution in [3.05, 3.63) is 58.7 Å². The van der Waals surface area contributed by atoms with E-state index in [1.807, 2.05) is 26.0 Å². The van der Waals surface area contributed by atoms with E-state index in [-0.39, 0.29) is 17.6 Å². The molecule has 1 aliphatic rings. The molecule has 0 aromatic carbocycles. The monoisotopic (exact) mass is 307 g/mol. The lowest BCUT2D eigenvalue weighted by Gasteiger charge is -2.23. The van der Waals surface area contributed by atoms with Crippen molar-refractivity contribution >= 4 is 0 Å². The van der Waals surface area contributed by atoms with Crippen molar-refractivity contribution in [1.29, 1.82) is 5.26 Å². The molecule has 4 heteroatoms. The third kappa shape index (κ3) is 4.77. The smallest absolute Gasteiger partial charge is 0.192 e. The molecule has 0 fully saturated rings. The molecule has 1 nitrogen and oxygen atoms in total. The highest BCUT2D eigenvalue weighted by atomic mass is 19.4. The Morgan fingerprint density at radius 1 is 1.27 bits per heavy atom. The Balaban J connectivity index is 3.51. The molecule has 0 amide bonds. The first-order valence-electron chi connectivity index (χ1n) is 7.12. The molecule has 118 valence electrons. The molecule has 1 aliphatic carbocycles. The average molecular weight is 307 g/mol. The van der Waals surface area contributed by atoms with E-state index in [0.717, 1.165) is 11.1 Å². The molecule has 0 aromatic rings. The first kappa shape index (κ1) is 18.0. The van der Waals surface area contributed by atoms with Crippen LogP contribution in [0.5, 0.6) is 0 Å². The SMILES string of the molecule is C=C(C#N)/C1=C/C(C)=C\C(C)=C/C(CC)=C/CC1C(F)(F)F. The molecular weight excluding hydrogens is 287 g/mol. The summed E-state index contributed by atoms with van der Waals surface area (Å²) in [4.78, 5) is 0. The lowest BCUT2D eigenvalue weighted by Crippen LogP contribution is -2.25. The summed E-state index contributed by atoms with van der Waals surface area (Å²) in [5.74, 6) is -1.71. The van der Waals surface area contributed by atoms with Gasteiger partial charge in [0.25, 0.3) is 0 Å². The van der Waals surface area contributed by atoms with Gasteiger partial charge in [0.15, 0.2) is 0 Å². The number of hydrogen-bond acceptors (Lipinski definition) is 1. The van der Waals surface area contributed by atoms with Crippen LogP contribution in [0.3, 0.4) is 0 Å². The molecule has 0 saturated heterocycles. The first-order chi connectivity index (χ1) is 10.2. The molecular formula is C18H20F3N. The fourth-order valence-electron chi connectivity index (χ4n) is 2.45. The summed E-state index contributed by atoms with van der Waals surface area (Å²) in [7, 11) is 0. The van der Waals surface area contributed by atoms with Gasteiger partial charge >= 0.3 is 6.18 Å². The first-order valence-corrected chi connectivity index (χ1v) is 7.12. The zero-order chi connectivity index (χ0) is 16.9. The Hall–Kier alpha value is -2.02. The summed E-state index contributed by atoms with van der Waals surface area (Å²) in [6.45, 7) is 9.03. The van der Waals surface area contributed by atoms with Gasteiger partial charge in [-0.2, -0.15) is 18.4 Å². The molecule has 1 unspecified atom stereocenters. The minimum Gasteiger partial charge on any atom is -0.192 e.